The van der Waals surface area contributed by atoms with Crippen LogP contribution in [0.15, 0.2) is 30.3 Å². The molecule has 1 aliphatic heterocycles. The van der Waals surface area contributed by atoms with E-state index in [2.05, 4.69) is 22.3 Å². The number of hydrogen-bond donors (Lipinski definition) is 2. The average Bonchev–Trinajstić information content (AvgIpc) is 2.48. The van der Waals surface area contributed by atoms with Gasteiger partial charge in [0, 0.05) is 19.6 Å². The van der Waals surface area contributed by atoms with Gasteiger partial charge in [-0.3, -0.25) is 9.69 Å². The normalized spacial score (nSPS) is 23.1. The van der Waals surface area contributed by atoms with E-state index in [9.17, 15) is 4.79 Å². The quantitative estimate of drug-likeness (QED) is 0.842. The molecule has 1 aliphatic rings. The Morgan fingerprint density at radius 1 is 1.45 bits per heavy atom. The second kappa shape index (κ2) is 6.83. The van der Waals surface area contributed by atoms with E-state index in [4.69, 9.17) is 10.5 Å². The van der Waals surface area contributed by atoms with Gasteiger partial charge in [-0.1, -0.05) is 30.3 Å². The molecule has 3 atom stereocenters. The van der Waals surface area contributed by atoms with Crippen LogP contribution in [0.2, 0.25) is 0 Å². The molecule has 0 bridgehead atoms. The van der Waals surface area contributed by atoms with Crippen LogP contribution in [0, 0.1) is 0 Å². The molecule has 1 amide bonds. The van der Waals surface area contributed by atoms with E-state index in [0.717, 1.165) is 5.56 Å². The minimum Gasteiger partial charge on any atom is -0.378 e. The zero-order chi connectivity index (χ0) is 14.5. The van der Waals surface area contributed by atoms with E-state index < -0.39 is 0 Å². The SMILES string of the molecule is CNC(=O)C1COCCN1C(c1ccccc1)C(C)N. The third-order valence-corrected chi connectivity index (χ3v) is 3.72. The monoisotopic (exact) mass is 277 g/mol. The molecule has 0 aliphatic carbocycles. The lowest BCUT2D eigenvalue weighted by atomic mass is 9.96. The molecule has 1 fully saturated rings. The lowest BCUT2D eigenvalue weighted by molar-refractivity contribution is -0.134. The van der Waals surface area contributed by atoms with Crippen molar-refractivity contribution in [2.45, 2.75) is 25.0 Å². The summed E-state index contributed by atoms with van der Waals surface area (Å²) in [4.78, 5) is 14.2. The molecule has 3 N–H and O–H groups in total. The van der Waals surface area contributed by atoms with E-state index in [1.807, 2.05) is 25.1 Å². The number of carbonyl (C=O) groups excluding carboxylic acids is 1. The number of morpholine rings is 1. The lowest BCUT2D eigenvalue weighted by Crippen LogP contribution is -2.56. The first-order chi connectivity index (χ1) is 9.65. The molecule has 0 saturated carbocycles. The Morgan fingerprint density at radius 2 is 2.15 bits per heavy atom. The topological polar surface area (TPSA) is 67.6 Å². The predicted octanol–water partition coefficient (Wildman–Crippen LogP) is 0.522. The van der Waals surface area contributed by atoms with Crippen LogP contribution in [-0.4, -0.2) is 49.7 Å². The van der Waals surface area contributed by atoms with Gasteiger partial charge in [0.15, 0.2) is 0 Å². The Labute approximate surface area is 120 Å². The maximum Gasteiger partial charge on any atom is 0.239 e. The Hall–Kier alpha value is -1.43. The first-order valence-electron chi connectivity index (χ1n) is 7.00. The number of carbonyl (C=O) groups is 1. The number of nitrogens with zero attached hydrogens (tertiary/aromatic N) is 1. The van der Waals surface area contributed by atoms with Gasteiger partial charge in [0.2, 0.25) is 5.91 Å². The summed E-state index contributed by atoms with van der Waals surface area (Å²) < 4.78 is 5.46. The number of amides is 1. The van der Waals surface area contributed by atoms with Crippen molar-refractivity contribution in [3.05, 3.63) is 35.9 Å². The second-order valence-corrected chi connectivity index (χ2v) is 5.16. The van der Waals surface area contributed by atoms with Gasteiger partial charge in [-0.15, -0.1) is 0 Å². The minimum atomic E-state index is -0.287. The van der Waals surface area contributed by atoms with Gasteiger partial charge in [0.25, 0.3) is 0 Å². The molecule has 5 heteroatoms. The number of nitrogens with two attached hydrogens (primary N) is 1. The van der Waals surface area contributed by atoms with Crippen LogP contribution >= 0.6 is 0 Å². The van der Waals surface area contributed by atoms with Crippen LogP contribution in [0.3, 0.4) is 0 Å². The van der Waals surface area contributed by atoms with Gasteiger partial charge in [-0.25, -0.2) is 0 Å². The highest BCUT2D eigenvalue weighted by atomic mass is 16.5. The molecule has 2 rings (SSSR count). The Balaban J connectivity index is 2.29. The van der Waals surface area contributed by atoms with Gasteiger partial charge in [-0.05, 0) is 12.5 Å². The number of nitrogens with one attached hydrogen (secondary N) is 1. The van der Waals surface area contributed by atoms with Crippen molar-refractivity contribution in [3.8, 4) is 0 Å². The summed E-state index contributed by atoms with van der Waals surface area (Å²) in [7, 11) is 1.65. The maximum absolute atomic E-state index is 12.1. The van der Waals surface area contributed by atoms with Crippen LogP contribution < -0.4 is 11.1 Å². The fourth-order valence-electron chi connectivity index (χ4n) is 2.79. The largest absolute Gasteiger partial charge is 0.378 e. The molecule has 1 saturated heterocycles. The molecular formula is C15H23N3O2. The zero-order valence-electron chi connectivity index (χ0n) is 12.1. The fourth-order valence-corrected chi connectivity index (χ4v) is 2.79. The van der Waals surface area contributed by atoms with Crippen LogP contribution in [0.25, 0.3) is 0 Å². The highest BCUT2D eigenvalue weighted by Gasteiger charge is 2.35. The molecule has 20 heavy (non-hydrogen) atoms. The van der Waals surface area contributed by atoms with Crippen molar-refractivity contribution >= 4 is 5.91 Å². The standard InChI is InChI=1S/C15H23N3O2/c1-11(16)14(12-6-4-3-5-7-12)18-8-9-20-10-13(18)15(19)17-2/h3-7,11,13-14H,8-10,16H2,1-2H3,(H,17,19). The zero-order valence-corrected chi connectivity index (χ0v) is 12.1. The van der Waals surface area contributed by atoms with Crippen molar-refractivity contribution in [1.29, 1.82) is 0 Å². The maximum atomic E-state index is 12.1. The summed E-state index contributed by atoms with van der Waals surface area (Å²) in [6.07, 6.45) is 0. The lowest BCUT2D eigenvalue weighted by Gasteiger charge is -2.41. The van der Waals surface area contributed by atoms with Crippen molar-refractivity contribution in [1.82, 2.24) is 10.2 Å². The molecular weight excluding hydrogens is 254 g/mol. The highest BCUT2D eigenvalue weighted by Crippen LogP contribution is 2.27. The molecule has 1 aromatic rings. The summed E-state index contributed by atoms with van der Waals surface area (Å²) in [5.41, 5.74) is 7.33. The molecule has 1 aromatic carbocycles. The predicted molar refractivity (Wildman–Crippen MR) is 78.2 cm³/mol. The highest BCUT2D eigenvalue weighted by molar-refractivity contribution is 5.81. The van der Waals surface area contributed by atoms with Crippen molar-refractivity contribution < 1.29 is 9.53 Å². The number of likely N-dealkylation sites (N-methyl/N-ethyl adjacent to an activating group) is 1. The number of benzene rings is 1. The Kier molecular flexibility index (Phi) is 5.11. The van der Waals surface area contributed by atoms with Crippen LogP contribution in [0.4, 0.5) is 0 Å². The van der Waals surface area contributed by atoms with E-state index in [0.29, 0.717) is 19.8 Å². The molecule has 0 radical (unpaired) electrons. The van der Waals surface area contributed by atoms with Gasteiger partial charge < -0.3 is 15.8 Å². The third kappa shape index (κ3) is 3.17. The first-order valence-corrected chi connectivity index (χ1v) is 7.00. The average molecular weight is 277 g/mol. The smallest absolute Gasteiger partial charge is 0.239 e. The summed E-state index contributed by atoms with van der Waals surface area (Å²) in [6.45, 7) is 3.73. The number of ether oxygens (including phenoxy) is 1. The summed E-state index contributed by atoms with van der Waals surface area (Å²) >= 11 is 0. The third-order valence-electron chi connectivity index (χ3n) is 3.72. The molecule has 0 aromatic heterocycles. The van der Waals surface area contributed by atoms with Crippen LogP contribution in [0.1, 0.15) is 18.5 Å². The van der Waals surface area contributed by atoms with Gasteiger partial charge in [-0.2, -0.15) is 0 Å². The molecule has 0 spiro atoms. The summed E-state index contributed by atoms with van der Waals surface area (Å²) in [5, 5.41) is 2.71. The number of rotatable bonds is 4. The fraction of sp³-hybridized carbons (Fsp3) is 0.533. The van der Waals surface area contributed by atoms with Gasteiger partial charge >= 0.3 is 0 Å². The van der Waals surface area contributed by atoms with Crippen LogP contribution in [-0.2, 0) is 9.53 Å². The second-order valence-electron chi connectivity index (χ2n) is 5.16. The Morgan fingerprint density at radius 3 is 2.75 bits per heavy atom. The van der Waals surface area contributed by atoms with E-state index >= 15 is 0 Å². The molecule has 1 heterocycles. The molecule has 5 nitrogen and oxygen atoms in total. The van der Waals surface area contributed by atoms with Gasteiger partial charge in [0.1, 0.15) is 6.04 Å². The summed E-state index contributed by atoms with van der Waals surface area (Å²) in [6, 6.07) is 9.77. The van der Waals surface area contributed by atoms with Crippen LogP contribution in [0.5, 0.6) is 0 Å². The minimum absolute atomic E-state index is 0.0161. The molecule has 3 unspecified atom stereocenters. The van der Waals surface area contributed by atoms with E-state index in [1.54, 1.807) is 7.05 Å². The first kappa shape index (κ1) is 15.0. The molecule has 110 valence electrons. The van der Waals surface area contributed by atoms with Gasteiger partial charge in [0.05, 0.1) is 19.3 Å². The van der Waals surface area contributed by atoms with E-state index in [1.165, 1.54) is 0 Å². The van der Waals surface area contributed by atoms with Crippen molar-refractivity contribution in [2.75, 3.05) is 26.8 Å². The van der Waals surface area contributed by atoms with Crippen molar-refractivity contribution in [3.63, 3.8) is 0 Å². The van der Waals surface area contributed by atoms with Crippen molar-refractivity contribution in [2.24, 2.45) is 5.73 Å². The van der Waals surface area contributed by atoms with E-state index in [-0.39, 0.29) is 24.0 Å². The number of hydrogen-bond acceptors (Lipinski definition) is 4. The summed E-state index contributed by atoms with van der Waals surface area (Å²) in [5.74, 6) is -0.0220. The Bertz CT molecular complexity index is 436.